The Balaban J connectivity index is 4.46. The smallest absolute Gasteiger partial charge is 0.306 e. The number of unbranched alkanes of at least 4 members (excludes halogenated alkanes) is 37. The molecule has 6 heteroatoms. The number of hydrogen-bond donors (Lipinski definition) is 3. The summed E-state index contributed by atoms with van der Waals surface area (Å²) in [6.07, 6.45) is 57.1. The lowest BCUT2D eigenvalue weighted by Gasteiger charge is -2.24. The van der Waals surface area contributed by atoms with Crippen LogP contribution in [0, 0.1) is 0 Å². The minimum absolute atomic E-state index is 0.0844. The summed E-state index contributed by atoms with van der Waals surface area (Å²) in [6, 6.07) is -0.694. The number of carbonyl (C=O) groups is 2. The molecule has 0 spiro atoms. The van der Waals surface area contributed by atoms with Crippen molar-refractivity contribution >= 4 is 11.9 Å². The van der Waals surface area contributed by atoms with E-state index >= 15 is 0 Å². The maximum Gasteiger partial charge on any atom is 0.306 e. The first-order valence-electron chi connectivity index (χ1n) is 27.9. The van der Waals surface area contributed by atoms with Crippen molar-refractivity contribution in [1.82, 2.24) is 5.32 Å². The molecular weight excluding hydrogens is 767 g/mol. The number of esters is 1. The molecular formula is C56H109NO5. The normalized spacial score (nSPS) is 13.2. The van der Waals surface area contributed by atoms with Crippen molar-refractivity contribution in [3.05, 3.63) is 12.2 Å². The molecule has 0 aliphatic heterocycles. The zero-order chi connectivity index (χ0) is 45.2. The zero-order valence-corrected chi connectivity index (χ0v) is 42.0. The number of nitrogens with one attached hydrogen (secondary N) is 1. The molecule has 0 saturated heterocycles. The van der Waals surface area contributed by atoms with Gasteiger partial charge in [0, 0.05) is 6.42 Å². The van der Waals surface area contributed by atoms with E-state index < -0.39 is 18.2 Å². The Hall–Kier alpha value is -1.40. The SMILES string of the molecule is CCCCCCCC/C=C/CCCCCCCCCCCC(=O)OC(CCCCCCCCCCCCCCCCC)CC(=O)NC(CO)C(O)CCCCCCCCCCC. The molecule has 0 aromatic rings. The van der Waals surface area contributed by atoms with Gasteiger partial charge in [0.25, 0.3) is 0 Å². The van der Waals surface area contributed by atoms with Gasteiger partial charge in [-0.25, -0.2) is 0 Å². The summed E-state index contributed by atoms with van der Waals surface area (Å²) in [5.41, 5.74) is 0. The van der Waals surface area contributed by atoms with Crippen molar-refractivity contribution in [2.45, 2.75) is 328 Å². The number of carbonyl (C=O) groups excluding carboxylic acids is 2. The van der Waals surface area contributed by atoms with Crippen LogP contribution in [0.2, 0.25) is 0 Å². The number of allylic oxidation sites excluding steroid dienone is 2. The Bertz CT molecular complexity index is 939. The second-order valence-electron chi connectivity index (χ2n) is 19.3. The van der Waals surface area contributed by atoms with Crippen LogP contribution in [0.5, 0.6) is 0 Å². The largest absolute Gasteiger partial charge is 0.462 e. The molecule has 368 valence electrons. The highest BCUT2D eigenvalue weighted by Gasteiger charge is 2.24. The summed E-state index contributed by atoms with van der Waals surface area (Å²) in [4.78, 5) is 26.2. The van der Waals surface area contributed by atoms with Crippen LogP contribution in [-0.2, 0) is 14.3 Å². The number of amides is 1. The van der Waals surface area contributed by atoms with Gasteiger partial charge in [0.15, 0.2) is 0 Å². The second kappa shape index (κ2) is 50.6. The molecule has 0 radical (unpaired) electrons. The molecule has 0 bridgehead atoms. The molecule has 0 aliphatic carbocycles. The van der Waals surface area contributed by atoms with E-state index in [9.17, 15) is 19.8 Å². The maximum atomic E-state index is 13.2. The number of hydrogen-bond acceptors (Lipinski definition) is 5. The number of aliphatic hydroxyl groups is 2. The van der Waals surface area contributed by atoms with Crippen LogP contribution in [0.3, 0.4) is 0 Å². The quantitative estimate of drug-likeness (QED) is 0.0321. The molecule has 0 fully saturated rings. The second-order valence-corrected chi connectivity index (χ2v) is 19.3. The highest BCUT2D eigenvalue weighted by atomic mass is 16.5. The fourth-order valence-corrected chi connectivity index (χ4v) is 8.84. The van der Waals surface area contributed by atoms with Crippen LogP contribution in [0.1, 0.15) is 310 Å². The first kappa shape index (κ1) is 60.6. The fourth-order valence-electron chi connectivity index (χ4n) is 8.84. The predicted octanol–water partition coefficient (Wildman–Crippen LogP) is 16.9. The Kier molecular flexibility index (Phi) is 49.5. The minimum atomic E-state index is -0.781. The van der Waals surface area contributed by atoms with Gasteiger partial charge >= 0.3 is 5.97 Å². The molecule has 3 unspecified atom stereocenters. The van der Waals surface area contributed by atoms with Gasteiger partial charge in [-0.05, 0) is 51.4 Å². The molecule has 0 aromatic heterocycles. The van der Waals surface area contributed by atoms with E-state index in [1.165, 1.54) is 218 Å². The lowest BCUT2D eigenvalue weighted by Crippen LogP contribution is -2.46. The van der Waals surface area contributed by atoms with E-state index in [4.69, 9.17) is 4.74 Å². The van der Waals surface area contributed by atoms with Crippen LogP contribution in [0.4, 0.5) is 0 Å². The van der Waals surface area contributed by atoms with Crippen LogP contribution in [-0.4, -0.2) is 46.9 Å². The van der Waals surface area contributed by atoms with Gasteiger partial charge in [-0.2, -0.15) is 0 Å². The highest BCUT2D eigenvalue weighted by Crippen LogP contribution is 2.19. The van der Waals surface area contributed by atoms with Crippen molar-refractivity contribution in [1.29, 1.82) is 0 Å². The first-order valence-corrected chi connectivity index (χ1v) is 27.9. The predicted molar refractivity (Wildman–Crippen MR) is 269 cm³/mol. The van der Waals surface area contributed by atoms with E-state index in [-0.39, 0.29) is 24.9 Å². The van der Waals surface area contributed by atoms with Gasteiger partial charge in [-0.15, -0.1) is 0 Å². The van der Waals surface area contributed by atoms with Crippen molar-refractivity contribution < 1.29 is 24.5 Å². The van der Waals surface area contributed by atoms with Gasteiger partial charge in [-0.3, -0.25) is 9.59 Å². The Morgan fingerprint density at radius 3 is 1.15 bits per heavy atom. The summed E-state index contributed by atoms with van der Waals surface area (Å²) >= 11 is 0. The average Bonchev–Trinajstić information content (AvgIpc) is 3.26. The molecule has 3 atom stereocenters. The van der Waals surface area contributed by atoms with Gasteiger partial charge in [-0.1, -0.05) is 258 Å². The monoisotopic (exact) mass is 876 g/mol. The summed E-state index contributed by atoms with van der Waals surface area (Å²) in [7, 11) is 0. The van der Waals surface area contributed by atoms with Gasteiger partial charge < -0.3 is 20.3 Å². The van der Waals surface area contributed by atoms with E-state index in [1.807, 2.05) is 0 Å². The first-order chi connectivity index (χ1) is 30.5. The van der Waals surface area contributed by atoms with Crippen molar-refractivity contribution in [3.8, 4) is 0 Å². The molecule has 0 saturated carbocycles. The Morgan fingerprint density at radius 2 is 0.774 bits per heavy atom. The third kappa shape index (κ3) is 45.2. The molecule has 0 heterocycles. The summed E-state index contributed by atoms with van der Waals surface area (Å²) in [6.45, 7) is 6.50. The summed E-state index contributed by atoms with van der Waals surface area (Å²) < 4.78 is 5.96. The van der Waals surface area contributed by atoms with Crippen LogP contribution in [0.15, 0.2) is 12.2 Å². The number of ether oxygens (including phenoxy) is 1. The lowest BCUT2D eigenvalue weighted by atomic mass is 10.0. The van der Waals surface area contributed by atoms with Crippen molar-refractivity contribution in [2.24, 2.45) is 0 Å². The van der Waals surface area contributed by atoms with Gasteiger partial charge in [0.05, 0.1) is 25.2 Å². The van der Waals surface area contributed by atoms with Crippen LogP contribution >= 0.6 is 0 Å². The third-order valence-electron chi connectivity index (χ3n) is 13.1. The highest BCUT2D eigenvalue weighted by molar-refractivity contribution is 5.77. The molecule has 0 rings (SSSR count). The van der Waals surface area contributed by atoms with Gasteiger partial charge in [0.1, 0.15) is 6.10 Å². The Labute approximate surface area is 387 Å². The third-order valence-corrected chi connectivity index (χ3v) is 13.1. The van der Waals surface area contributed by atoms with E-state index in [1.54, 1.807) is 0 Å². The molecule has 62 heavy (non-hydrogen) atoms. The van der Waals surface area contributed by atoms with Gasteiger partial charge in [0.2, 0.25) is 5.91 Å². The van der Waals surface area contributed by atoms with Crippen LogP contribution in [0.25, 0.3) is 0 Å². The molecule has 6 nitrogen and oxygen atoms in total. The Morgan fingerprint density at radius 1 is 0.452 bits per heavy atom. The van der Waals surface area contributed by atoms with Crippen molar-refractivity contribution in [2.75, 3.05) is 6.61 Å². The summed E-state index contributed by atoms with van der Waals surface area (Å²) in [5.74, 6) is -0.456. The minimum Gasteiger partial charge on any atom is -0.462 e. The number of aliphatic hydroxyl groups excluding tert-OH is 2. The topological polar surface area (TPSA) is 95.9 Å². The average molecular weight is 876 g/mol. The standard InChI is InChI=1S/C56H109NO5/c1-4-7-10-13-16-19-21-23-25-26-27-28-30-32-34-37-40-43-46-49-56(61)62-52(47-44-41-38-36-33-31-29-24-22-20-17-14-11-8-5-2)50-55(60)57-53(51-58)54(59)48-45-42-39-35-18-15-12-9-6-3/h23,25,52-54,58-59H,4-22,24,26-51H2,1-3H3,(H,57,60)/b25-23+. The number of rotatable bonds is 51. The molecule has 3 N–H and O–H groups in total. The summed E-state index contributed by atoms with van der Waals surface area (Å²) in [5, 5.41) is 23.7. The zero-order valence-electron chi connectivity index (χ0n) is 42.0. The van der Waals surface area contributed by atoms with Crippen molar-refractivity contribution in [3.63, 3.8) is 0 Å². The molecule has 0 aromatic carbocycles. The van der Waals surface area contributed by atoms with Crippen LogP contribution < -0.4 is 5.32 Å². The molecule has 1 amide bonds. The fraction of sp³-hybridized carbons (Fsp3) is 0.929. The van der Waals surface area contributed by atoms with E-state index in [0.717, 1.165) is 44.9 Å². The molecule has 0 aliphatic rings. The maximum absolute atomic E-state index is 13.2. The lowest BCUT2D eigenvalue weighted by molar-refractivity contribution is -0.151. The van der Waals surface area contributed by atoms with E-state index in [2.05, 4.69) is 38.2 Å². The van der Waals surface area contributed by atoms with E-state index in [0.29, 0.717) is 19.3 Å².